The van der Waals surface area contributed by atoms with Crippen molar-refractivity contribution < 1.29 is 42.2 Å². The number of hydrogen-bond acceptors (Lipinski definition) is 2. The van der Waals surface area contributed by atoms with Crippen LogP contribution in [-0.2, 0) is 37.5 Å². The van der Waals surface area contributed by atoms with Crippen LogP contribution in [0.5, 0.6) is 5.75 Å². The van der Waals surface area contributed by atoms with E-state index in [2.05, 4.69) is 13.0 Å². The van der Waals surface area contributed by atoms with Crippen molar-refractivity contribution in [1.82, 2.24) is 0 Å². The van der Waals surface area contributed by atoms with E-state index in [9.17, 15) is 4.79 Å². The minimum Gasteiger partial charge on any atom is -0.453 e. The Morgan fingerprint density at radius 2 is 1.48 bits per heavy atom. The second kappa shape index (κ2) is 9.32. The molecule has 0 N–H and O–H groups in total. The van der Waals surface area contributed by atoms with Gasteiger partial charge in [-0.3, -0.25) is 4.79 Å². The maximum atomic E-state index is 12.3. The molecule has 1 aromatic rings. The van der Waals surface area contributed by atoms with Crippen LogP contribution in [0.3, 0.4) is 0 Å². The smallest absolute Gasteiger partial charge is 0.453 e. The first-order valence-corrected chi connectivity index (χ1v) is 8.90. The SMILES string of the molecule is CC1CCC(C2CCC(C(=O)Oc3cc[c-]cc3)CC2)CC1.[Y+3]. The molecule has 0 unspecified atom stereocenters. The van der Waals surface area contributed by atoms with Gasteiger partial charge in [-0.05, 0) is 56.3 Å². The van der Waals surface area contributed by atoms with E-state index in [-0.39, 0.29) is 44.6 Å². The minimum atomic E-state index is -0.0399. The second-order valence-electron chi connectivity index (χ2n) is 7.29. The Bertz CT molecular complexity index is 472. The van der Waals surface area contributed by atoms with Gasteiger partial charge in [-0.2, -0.15) is 18.2 Å². The quantitative estimate of drug-likeness (QED) is 0.413. The average Bonchev–Trinajstić information content (AvgIpc) is 2.57. The number of rotatable bonds is 3. The molecular formula is C20H27O2Y+2. The monoisotopic (exact) mass is 388 g/mol. The van der Waals surface area contributed by atoms with Gasteiger partial charge in [0.05, 0.1) is 5.92 Å². The zero-order chi connectivity index (χ0) is 15.4. The average molecular weight is 388 g/mol. The molecule has 0 radical (unpaired) electrons. The molecule has 0 amide bonds. The minimum absolute atomic E-state index is 0. The van der Waals surface area contributed by atoms with Gasteiger partial charge in [0, 0.05) is 5.75 Å². The Labute approximate surface area is 165 Å². The van der Waals surface area contributed by atoms with E-state index in [1.165, 1.54) is 38.5 Å². The molecule has 2 saturated carbocycles. The van der Waals surface area contributed by atoms with Crippen molar-refractivity contribution in [2.75, 3.05) is 0 Å². The number of carbonyl (C=O) groups is 1. The predicted molar refractivity (Wildman–Crippen MR) is 87.5 cm³/mol. The summed E-state index contributed by atoms with van der Waals surface area (Å²) >= 11 is 0. The Morgan fingerprint density at radius 3 is 2.04 bits per heavy atom. The molecule has 3 rings (SSSR count). The zero-order valence-electron chi connectivity index (χ0n) is 14.2. The van der Waals surface area contributed by atoms with Crippen LogP contribution in [0.1, 0.15) is 58.3 Å². The Kier molecular flexibility index (Phi) is 7.75. The summed E-state index contributed by atoms with van der Waals surface area (Å²) in [5.74, 6) is 3.39. The second-order valence-corrected chi connectivity index (χ2v) is 7.29. The van der Waals surface area contributed by atoms with Gasteiger partial charge in [0.15, 0.2) is 0 Å². The van der Waals surface area contributed by atoms with Gasteiger partial charge in [-0.1, -0.05) is 19.8 Å². The van der Waals surface area contributed by atoms with E-state index in [4.69, 9.17) is 4.74 Å². The first kappa shape index (κ1) is 19.1. The van der Waals surface area contributed by atoms with E-state index in [1.807, 2.05) is 0 Å². The summed E-state index contributed by atoms with van der Waals surface area (Å²) in [6.07, 6.45) is 10.0. The fourth-order valence-corrected chi connectivity index (χ4v) is 4.22. The molecule has 1 aromatic carbocycles. The summed E-state index contributed by atoms with van der Waals surface area (Å²) in [5.41, 5.74) is 0. The predicted octanol–water partition coefficient (Wildman–Crippen LogP) is 5.02. The summed E-state index contributed by atoms with van der Waals surface area (Å²) in [5, 5.41) is 0. The Hall–Kier alpha value is -0.206. The third-order valence-electron chi connectivity index (χ3n) is 5.74. The van der Waals surface area contributed by atoms with Crippen molar-refractivity contribution in [2.24, 2.45) is 23.7 Å². The van der Waals surface area contributed by atoms with Crippen molar-refractivity contribution in [3.63, 3.8) is 0 Å². The van der Waals surface area contributed by atoms with E-state index in [0.29, 0.717) is 5.75 Å². The molecule has 2 aliphatic rings. The summed E-state index contributed by atoms with van der Waals surface area (Å²) in [7, 11) is 0. The number of ether oxygens (including phenoxy) is 1. The number of benzene rings is 1. The fraction of sp³-hybridized carbons (Fsp3) is 0.650. The van der Waals surface area contributed by atoms with Gasteiger partial charge in [0.25, 0.3) is 0 Å². The van der Waals surface area contributed by atoms with Gasteiger partial charge in [-0.25, -0.2) is 0 Å². The summed E-state index contributed by atoms with van der Waals surface area (Å²) in [6, 6.07) is 10.1. The topological polar surface area (TPSA) is 26.3 Å². The van der Waals surface area contributed by atoms with Crippen LogP contribution in [0.15, 0.2) is 24.3 Å². The largest absolute Gasteiger partial charge is 3.00 e. The molecule has 23 heavy (non-hydrogen) atoms. The van der Waals surface area contributed by atoms with Crippen molar-refractivity contribution in [2.45, 2.75) is 58.3 Å². The van der Waals surface area contributed by atoms with Crippen molar-refractivity contribution in [1.29, 1.82) is 0 Å². The summed E-state index contributed by atoms with van der Waals surface area (Å²) in [4.78, 5) is 12.3. The van der Waals surface area contributed by atoms with E-state index >= 15 is 0 Å². The molecule has 0 aliphatic heterocycles. The van der Waals surface area contributed by atoms with Gasteiger partial charge < -0.3 is 4.74 Å². The number of carbonyl (C=O) groups excluding carboxylic acids is 1. The van der Waals surface area contributed by atoms with Crippen LogP contribution in [0.2, 0.25) is 0 Å². The van der Waals surface area contributed by atoms with Crippen LogP contribution in [0, 0.1) is 29.7 Å². The molecule has 2 nitrogen and oxygen atoms in total. The summed E-state index contributed by atoms with van der Waals surface area (Å²) < 4.78 is 5.49. The van der Waals surface area contributed by atoms with E-state index < -0.39 is 0 Å². The van der Waals surface area contributed by atoms with Gasteiger partial charge in [0.1, 0.15) is 0 Å². The molecule has 120 valence electrons. The summed E-state index contributed by atoms with van der Waals surface area (Å²) in [6.45, 7) is 2.38. The number of hydrogen-bond donors (Lipinski definition) is 0. The molecule has 0 bridgehead atoms. The van der Waals surface area contributed by atoms with Crippen molar-refractivity contribution >= 4 is 5.97 Å². The molecule has 0 atom stereocenters. The van der Waals surface area contributed by atoms with Crippen LogP contribution in [0.4, 0.5) is 0 Å². The van der Waals surface area contributed by atoms with Gasteiger partial charge in [-0.15, -0.1) is 12.1 Å². The molecule has 0 spiro atoms. The molecule has 2 aliphatic carbocycles. The standard InChI is InChI=1S/C20H27O2.Y/c1-15-7-9-16(10-8-15)17-11-13-18(14-12-17)20(21)22-19-5-3-2-4-6-19;/h3-6,15-18H,7-14H2,1H3;/q-1;+3. The van der Waals surface area contributed by atoms with E-state index in [1.54, 1.807) is 24.3 Å². The van der Waals surface area contributed by atoms with Crippen LogP contribution in [-0.4, -0.2) is 5.97 Å². The molecule has 3 heteroatoms. The van der Waals surface area contributed by atoms with E-state index in [0.717, 1.165) is 30.6 Å². The van der Waals surface area contributed by atoms with Gasteiger partial charge >= 0.3 is 38.7 Å². The number of esters is 1. The zero-order valence-corrected chi connectivity index (χ0v) is 17.0. The Morgan fingerprint density at radius 1 is 0.957 bits per heavy atom. The molecule has 2 fully saturated rings. The molecule has 0 saturated heterocycles. The maximum Gasteiger partial charge on any atom is 3.00 e. The van der Waals surface area contributed by atoms with Crippen LogP contribution in [0.25, 0.3) is 0 Å². The normalized spacial score (nSPS) is 31.0. The van der Waals surface area contributed by atoms with Crippen LogP contribution >= 0.6 is 0 Å². The Balaban J connectivity index is 0.00000192. The van der Waals surface area contributed by atoms with Crippen molar-refractivity contribution in [3.05, 3.63) is 30.3 Å². The third-order valence-corrected chi connectivity index (χ3v) is 5.74. The fourth-order valence-electron chi connectivity index (χ4n) is 4.22. The van der Waals surface area contributed by atoms with Crippen molar-refractivity contribution in [3.8, 4) is 5.75 Å². The van der Waals surface area contributed by atoms with Gasteiger partial charge in [0.2, 0.25) is 0 Å². The molecule has 0 aromatic heterocycles. The van der Waals surface area contributed by atoms with Crippen LogP contribution < -0.4 is 4.74 Å². The molecule has 0 heterocycles. The third kappa shape index (κ3) is 5.39. The molecular weight excluding hydrogens is 361 g/mol. The maximum absolute atomic E-state index is 12.3. The first-order chi connectivity index (χ1) is 10.7. The first-order valence-electron chi connectivity index (χ1n) is 8.90.